The minimum absolute atomic E-state index is 0.00394. The lowest BCUT2D eigenvalue weighted by Gasteiger charge is -2.15. The van der Waals surface area contributed by atoms with Crippen molar-refractivity contribution >= 4 is 28.9 Å². The van der Waals surface area contributed by atoms with Gasteiger partial charge >= 0.3 is 0 Å². The van der Waals surface area contributed by atoms with E-state index in [1.165, 1.54) is 10.9 Å². The number of aliphatic hydroxyl groups is 2. The van der Waals surface area contributed by atoms with Crippen LogP contribution in [0.25, 0.3) is 0 Å². The predicted octanol–water partition coefficient (Wildman–Crippen LogP) is 1.25. The fourth-order valence-electron chi connectivity index (χ4n) is 2.89. The van der Waals surface area contributed by atoms with Gasteiger partial charge in [0.1, 0.15) is 35.0 Å². The Balaban J connectivity index is 2.42. The molecule has 0 saturated carbocycles. The third-order valence-electron chi connectivity index (χ3n) is 4.74. The van der Waals surface area contributed by atoms with Gasteiger partial charge in [0.15, 0.2) is 5.82 Å². The first-order valence-electron chi connectivity index (χ1n) is 10.7. The minimum Gasteiger partial charge on any atom is -0.396 e. The van der Waals surface area contributed by atoms with Crippen LogP contribution < -0.4 is 16.4 Å². The molecule has 0 amide bonds. The Bertz CT molecular complexity index is 1100. The number of azo groups is 1. The zero-order chi connectivity index (χ0) is 24.9. The van der Waals surface area contributed by atoms with Crippen LogP contribution in [0.15, 0.2) is 16.4 Å². The predicted molar refractivity (Wildman–Crippen MR) is 124 cm³/mol. The fourth-order valence-corrected chi connectivity index (χ4v) is 2.89. The Labute approximate surface area is 196 Å². The molecule has 0 radical (unpaired) electrons. The number of Topliss-reactive ketones (excluding diaryl/α,β-unsaturated/α-hetero) is 1. The van der Waals surface area contributed by atoms with E-state index in [0.717, 1.165) is 0 Å². The molecule has 2 heterocycles. The summed E-state index contributed by atoms with van der Waals surface area (Å²) < 4.78 is 1.43. The number of anilines is 2. The standard InChI is InChI=1S/C21H28N10O3/c1-14-17(12-24)20(25-5-2-8-32)27-21(26-6-3-9-33)18(14)28-29-19-15(10-22)13-31(30-19)7-4-16(34)11-23/h13,32-33H,2-9,11,23H2,1H3,(H2,25,26,27). The van der Waals surface area contributed by atoms with Gasteiger partial charge in [0.2, 0.25) is 5.82 Å². The number of aromatic nitrogens is 3. The third-order valence-corrected chi connectivity index (χ3v) is 4.74. The summed E-state index contributed by atoms with van der Waals surface area (Å²) in [6.45, 7) is 2.69. The molecule has 0 aliphatic carbocycles. The molecule has 34 heavy (non-hydrogen) atoms. The van der Waals surface area contributed by atoms with Crippen molar-refractivity contribution in [3.05, 3.63) is 22.9 Å². The van der Waals surface area contributed by atoms with E-state index in [2.05, 4.69) is 37.0 Å². The lowest BCUT2D eigenvalue weighted by atomic mass is 10.1. The minimum atomic E-state index is -0.130. The van der Waals surface area contributed by atoms with Crippen LogP contribution in [0.5, 0.6) is 0 Å². The summed E-state index contributed by atoms with van der Waals surface area (Å²) in [6.07, 6.45) is 2.60. The molecule has 13 nitrogen and oxygen atoms in total. The molecule has 2 rings (SSSR count). The number of carbonyl (C=O) groups is 1. The molecule has 0 aromatic carbocycles. The van der Waals surface area contributed by atoms with Gasteiger partial charge in [-0.25, -0.2) is 4.98 Å². The van der Waals surface area contributed by atoms with Crippen LogP contribution in [0.2, 0.25) is 0 Å². The second-order valence-corrected chi connectivity index (χ2v) is 7.21. The number of pyridine rings is 1. The van der Waals surface area contributed by atoms with Crippen LogP contribution in [-0.2, 0) is 11.3 Å². The molecule has 0 bridgehead atoms. The number of carbonyl (C=O) groups excluding carboxylic acids is 1. The van der Waals surface area contributed by atoms with Crippen molar-refractivity contribution < 1.29 is 15.0 Å². The van der Waals surface area contributed by atoms with Crippen LogP contribution in [0.4, 0.5) is 23.1 Å². The SMILES string of the molecule is Cc1c(C#N)c(NCCCO)nc(NCCCO)c1N=Nc1nn(CCC(=O)CN)cc1C#N. The second-order valence-electron chi connectivity index (χ2n) is 7.21. The summed E-state index contributed by atoms with van der Waals surface area (Å²) in [5.41, 5.74) is 6.56. The Hall–Kier alpha value is -3.91. The molecule has 0 spiro atoms. The Kier molecular flexibility index (Phi) is 10.5. The van der Waals surface area contributed by atoms with Gasteiger partial charge in [0.05, 0.1) is 12.1 Å². The van der Waals surface area contributed by atoms with Gasteiger partial charge in [0, 0.05) is 51.0 Å². The van der Waals surface area contributed by atoms with E-state index >= 15 is 0 Å². The lowest BCUT2D eigenvalue weighted by Crippen LogP contribution is -2.15. The lowest BCUT2D eigenvalue weighted by molar-refractivity contribution is -0.118. The van der Waals surface area contributed by atoms with E-state index < -0.39 is 0 Å². The number of ketones is 1. The summed E-state index contributed by atoms with van der Waals surface area (Å²) in [5.74, 6) is 0.610. The van der Waals surface area contributed by atoms with Gasteiger partial charge in [-0.15, -0.1) is 15.3 Å². The number of nitrogens with two attached hydrogens (primary N) is 1. The number of aliphatic hydroxyl groups excluding tert-OH is 2. The van der Waals surface area contributed by atoms with Crippen molar-refractivity contribution in [3.8, 4) is 12.1 Å². The van der Waals surface area contributed by atoms with Crippen molar-refractivity contribution in [2.24, 2.45) is 16.0 Å². The van der Waals surface area contributed by atoms with Crippen molar-refractivity contribution in [3.63, 3.8) is 0 Å². The first-order valence-corrected chi connectivity index (χ1v) is 10.7. The number of nitriles is 2. The zero-order valence-corrected chi connectivity index (χ0v) is 19.0. The summed E-state index contributed by atoms with van der Waals surface area (Å²) in [4.78, 5) is 15.9. The number of hydrogen-bond acceptors (Lipinski definition) is 12. The van der Waals surface area contributed by atoms with Crippen molar-refractivity contribution in [1.82, 2.24) is 14.8 Å². The number of hydrogen-bond donors (Lipinski definition) is 5. The normalized spacial score (nSPS) is 10.8. The van der Waals surface area contributed by atoms with Crippen molar-refractivity contribution in [2.45, 2.75) is 32.7 Å². The van der Waals surface area contributed by atoms with Crippen LogP contribution in [0.3, 0.4) is 0 Å². The Morgan fingerprint density at radius 2 is 1.82 bits per heavy atom. The molecule has 0 saturated heterocycles. The molecule has 2 aromatic heterocycles. The Morgan fingerprint density at radius 1 is 1.15 bits per heavy atom. The van der Waals surface area contributed by atoms with Crippen molar-refractivity contribution in [2.75, 3.05) is 43.5 Å². The van der Waals surface area contributed by atoms with Crippen LogP contribution in [-0.4, -0.2) is 63.6 Å². The van der Waals surface area contributed by atoms with Gasteiger partial charge in [-0.3, -0.25) is 9.48 Å². The average molecular weight is 469 g/mol. The third kappa shape index (κ3) is 7.05. The summed E-state index contributed by atoms with van der Waals surface area (Å²) >= 11 is 0. The molecule has 0 fully saturated rings. The Morgan fingerprint density at radius 3 is 2.41 bits per heavy atom. The maximum absolute atomic E-state index is 11.5. The van der Waals surface area contributed by atoms with Gasteiger partial charge in [-0.2, -0.15) is 10.5 Å². The van der Waals surface area contributed by atoms with E-state index in [1.807, 2.05) is 6.07 Å². The zero-order valence-electron chi connectivity index (χ0n) is 19.0. The molecular weight excluding hydrogens is 440 g/mol. The first-order chi connectivity index (χ1) is 16.5. The molecule has 0 aliphatic rings. The van der Waals surface area contributed by atoms with E-state index in [1.54, 1.807) is 6.92 Å². The first kappa shape index (κ1) is 26.3. The number of nitrogens with zero attached hydrogens (tertiary/aromatic N) is 7. The molecule has 0 atom stereocenters. The monoisotopic (exact) mass is 468 g/mol. The van der Waals surface area contributed by atoms with Crippen LogP contribution >= 0.6 is 0 Å². The number of aryl methyl sites for hydroxylation is 1. The summed E-state index contributed by atoms with van der Waals surface area (Å²) in [5, 5.41) is 55.9. The maximum atomic E-state index is 11.5. The van der Waals surface area contributed by atoms with E-state index in [9.17, 15) is 15.3 Å². The van der Waals surface area contributed by atoms with Gasteiger partial charge in [-0.05, 0) is 19.8 Å². The molecule has 13 heteroatoms. The van der Waals surface area contributed by atoms with Crippen LogP contribution in [0.1, 0.15) is 36.0 Å². The second kappa shape index (κ2) is 13.6. The highest BCUT2D eigenvalue weighted by Gasteiger charge is 2.18. The number of nitrogens with one attached hydrogen (secondary N) is 2. The highest BCUT2D eigenvalue weighted by atomic mass is 16.3. The molecule has 180 valence electrons. The quantitative estimate of drug-likeness (QED) is 0.198. The fraction of sp³-hybridized carbons (Fsp3) is 0.476. The molecule has 0 unspecified atom stereocenters. The summed E-state index contributed by atoms with van der Waals surface area (Å²) in [7, 11) is 0. The highest BCUT2D eigenvalue weighted by Crippen LogP contribution is 2.35. The van der Waals surface area contributed by atoms with E-state index in [0.29, 0.717) is 48.8 Å². The smallest absolute Gasteiger partial charge is 0.213 e. The van der Waals surface area contributed by atoms with Gasteiger partial charge in [0.25, 0.3) is 0 Å². The van der Waals surface area contributed by atoms with Crippen LogP contribution in [0, 0.1) is 29.6 Å². The molecule has 2 aromatic rings. The molecular formula is C21H28N10O3. The average Bonchev–Trinajstić information content (AvgIpc) is 3.24. The van der Waals surface area contributed by atoms with Gasteiger partial charge < -0.3 is 26.6 Å². The van der Waals surface area contributed by atoms with Gasteiger partial charge in [-0.1, -0.05) is 0 Å². The molecule has 0 aliphatic heterocycles. The highest BCUT2D eigenvalue weighted by molar-refractivity contribution is 5.80. The number of rotatable bonds is 14. The van der Waals surface area contributed by atoms with E-state index in [-0.39, 0.29) is 55.5 Å². The topological polar surface area (TPSA) is 211 Å². The largest absolute Gasteiger partial charge is 0.396 e. The maximum Gasteiger partial charge on any atom is 0.213 e. The van der Waals surface area contributed by atoms with E-state index in [4.69, 9.17) is 15.9 Å². The molecule has 6 N–H and O–H groups in total. The van der Waals surface area contributed by atoms with Crippen molar-refractivity contribution in [1.29, 1.82) is 10.5 Å². The summed E-state index contributed by atoms with van der Waals surface area (Å²) in [6, 6.07) is 4.11.